The molecule has 0 heterocycles. The van der Waals surface area contributed by atoms with Crippen molar-refractivity contribution in [1.82, 2.24) is 4.72 Å². The van der Waals surface area contributed by atoms with Crippen LogP contribution < -0.4 is 16.2 Å². The van der Waals surface area contributed by atoms with Crippen LogP contribution in [0.2, 0.25) is 19.6 Å². The smallest absolute Gasteiger partial charge is 0.416 e. The minimum atomic E-state index is -4.70. The number of alkyl halides is 3. The highest BCUT2D eigenvalue weighted by atomic mass is 79.9. The van der Waals surface area contributed by atoms with Crippen molar-refractivity contribution in [3.05, 3.63) is 163 Å². The van der Waals surface area contributed by atoms with Gasteiger partial charge >= 0.3 is 24.1 Å². The highest BCUT2D eigenvalue weighted by Gasteiger charge is 2.33. The number of methoxy groups -OCH3 is 2. The van der Waals surface area contributed by atoms with Crippen LogP contribution in [0.15, 0.2) is 145 Å². The Morgan fingerprint density at radius 3 is 1.46 bits per heavy atom. The number of nitrogens with two attached hydrogens (primary N) is 2. The lowest BCUT2D eigenvalue weighted by molar-refractivity contribution is -0.143. The minimum Gasteiger partial charge on any atom is -0.480 e. The Morgan fingerprint density at radius 2 is 1.07 bits per heavy atom. The van der Waals surface area contributed by atoms with Gasteiger partial charge in [0.25, 0.3) is 9.05 Å². The molecule has 5 aromatic rings. The lowest BCUT2D eigenvalue weighted by Gasteiger charge is -2.18. The molecule has 3 atom stereocenters. The summed E-state index contributed by atoms with van der Waals surface area (Å²) in [5.41, 5.74) is 12.4. The van der Waals surface area contributed by atoms with Gasteiger partial charge in [-0.2, -0.15) is 29.0 Å². The highest BCUT2D eigenvalue weighted by molar-refractivity contribution is 9.11. The fourth-order valence-corrected chi connectivity index (χ4v) is 8.02. The Balaban J connectivity index is 0.000000904. The van der Waals surface area contributed by atoms with Crippen LogP contribution in [0.3, 0.4) is 0 Å². The first-order valence-electron chi connectivity index (χ1n) is 18.9. The number of aryl methyl sites for hydroxylation is 1. The Labute approximate surface area is 435 Å². The van der Waals surface area contributed by atoms with Gasteiger partial charge in [-0.3, -0.25) is 9.59 Å². The molecule has 0 bridgehead atoms. The van der Waals surface area contributed by atoms with Crippen molar-refractivity contribution < 1.29 is 59.0 Å². The van der Waals surface area contributed by atoms with E-state index in [4.69, 9.17) is 38.3 Å². The van der Waals surface area contributed by atoms with Gasteiger partial charge in [0.05, 0.1) is 29.6 Å². The Morgan fingerprint density at radius 1 is 0.676 bits per heavy atom. The average Bonchev–Trinajstić information content (AvgIpc) is 3.24. The van der Waals surface area contributed by atoms with E-state index in [0.717, 1.165) is 45.4 Å². The zero-order valence-corrected chi connectivity index (χ0v) is 46.5. The third-order valence-corrected chi connectivity index (χ3v) is 12.0. The molecule has 0 radical (unpaired) electrons. The summed E-state index contributed by atoms with van der Waals surface area (Å²) in [5, 5.41) is 8.59. The van der Waals surface area contributed by atoms with Crippen LogP contribution in [0.25, 0.3) is 0 Å². The molecule has 0 aliphatic rings. The molecule has 0 spiro atoms. The number of carboxylic acid groups (broad SMARTS) is 1. The van der Waals surface area contributed by atoms with Gasteiger partial charge in [-0.1, -0.05) is 122 Å². The number of carbonyl (C=O) groups excluding carboxylic acids is 2. The van der Waals surface area contributed by atoms with Crippen LogP contribution in [0, 0.1) is 6.92 Å². The Hall–Kier alpha value is -3.39. The molecule has 13 nitrogen and oxygen atoms in total. The van der Waals surface area contributed by atoms with E-state index in [2.05, 4.69) is 81.6 Å². The van der Waals surface area contributed by atoms with Crippen LogP contribution in [-0.2, 0) is 49.1 Å². The fraction of sp³-hybridized carbons (Fsp3) is 0.233. The number of aliphatic carboxylic acids is 1. The van der Waals surface area contributed by atoms with Gasteiger partial charge in [0.2, 0.25) is 10.0 Å². The number of benzene rings is 5. The maximum atomic E-state index is 12.8. The Kier molecular flexibility index (Phi) is 28.2. The van der Waals surface area contributed by atoms with E-state index >= 15 is 0 Å². The van der Waals surface area contributed by atoms with Crippen molar-refractivity contribution in [2.75, 3.05) is 14.2 Å². The molecule has 0 saturated carbocycles. The molecule has 0 amide bonds. The summed E-state index contributed by atoms with van der Waals surface area (Å²) in [6, 6.07) is 27.1. The molecule has 0 fully saturated rings. The van der Waals surface area contributed by atoms with Crippen LogP contribution >= 0.6 is 82.0 Å². The van der Waals surface area contributed by atoms with Crippen LogP contribution in [0.1, 0.15) is 45.9 Å². The molecule has 5 aromatic carbocycles. The van der Waals surface area contributed by atoms with E-state index in [-0.39, 0.29) is 22.9 Å². The number of carbonyl (C=O) groups is 3. The van der Waals surface area contributed by atoms with E-state index in [9.17, 15) is 44.4 Å². The number of rotatable bonds is 10. The molecule has 0 aliphatic carbocycles. The van der Waals surface area contributed by atoms with Gasteiger partial charge in [-0.15, -0.1) is 12.4 Å². The number of esters is 2. The summed E-state index contributed by atoms with van der Waals surface area (Å²) < 4.78 is 98.5. The van der Waals surface area contributed by atoms with Crippen molar-refractivity contribution in [1.29, 1.82) is 0 Å². The van der Waals surface area contributed by atoms with E-state index in [1.165, 1.54) is 31.4 Å². The van der Waals surface area contributed by atoms with Gasteiger partial charge in [-0.05, 0) is 95.9 Å². The van der Waals surface area contributed by atoms with Crippen molar-refractivity contribution in [2.45, 2.75) is 60.7 Å². The summed E-state index contributed by atoms with van der Waals surface area (Å²) in [4.78, 5) is 33.1. The molecule has 6 N–H and O–H groups in total. The van der Waals surface area contributed by atoms with E-state index in [0.29, 0.717) is 16.1 Å². The zero-order chi connectivity index (χ0) is 51.5. The molecule has 0 saturated heterocycles. The predicted molar refractivity (Wildman–Crippen MR) is 273 cm³/mol. The zero-order valence-electron chi connectivity index (χ0n) is 36.8. The van der Waals surface area contributed by atoms with E-state index in [1.807, 2.05) is 31.2 Å². The van der Waals surface area contributed by atoms with Crippen LogP contribution in [0.5, 0.6) is 0 Å². The van der Waals surface area contributed by atoms with Crippen molar-refractivity contribution in [3.8, 4) is 0 Å². The lowest BCUT2D eigenvalue weighted by atomic mass is 10.1. The van der Waals surface area contributed by atoms with Gasteiger partial charge in [0.15, 0.2) is 0 Å². The van der Waals surface area contributed by atoms with Crippen LogP contribution in [-0.4, -0.2) is 61.5 Å². The Bertz CT molecular complexity index is 2670. The second-order valence-corrected chi connectivity index (χ2v) is 29.0. The number of sulfonamides is 1. The fourth-order valence-electron chi connectivity index (χ4n) is 4.69. The topological polar surface area (TPSA) is 222 Å². The molecule has 0 aliphatic heterocycles. The molecular formula is C43H48Br3Cl3F3N3O10S2Si. The molecule has 3 unspecified atom stereocenters. The van der Waals surface area contributed by atoms with Crippen molar-refractivity contribution in [3.63, 3.8) is 0 Å². The normalized spacial score (nSPS) is 12.4. The molecular weight excluding hydrogens is 1210 g/mol. The first-order valence-corrected chi connectivity index (χ1v) is 29.5. The largest absolute Gasteiger partial charge is 0.480 e. The third-order valence-electron chi connectivity index (χ3n) is 7.77. The first-order chi connectivity index (χ1) is 30.8. The maximum Gasteiger partial charge on any atom is 0.416 e. The SMILES string of the molecule is COC(=O)C(N)c1cccc(Br)c1.COC(=O)C(NS(=O)(=O)c1cccc(C(F)(F)F)c1)c1cccc(Br)c1.C[Si](C)(C)Cl.Cc1cccc(S(=O)(=O)Cl)c1.Cl.NC(C(=O)O)c1cccc(Br)c1. The number of hydrogen-bond acceptors (Lipinski definition) is 11. The molecule has 5 rings (SSSR count). The number of ether oxygens (including phenoxy) is 2. The summed E-state index contributed by atoms with van der Waals surface area (Å²) >= 11 is 15.4. The molecule has 68 heavy (non-hydrogen) atoms. The minimum absolute atomic E-state index is 0. The van der Waals surface area contributed by atoms with Gasteiger partial charge in [0, 0.05) is 24.1 Å². The summed E-state index contributed by atoms with van der Waals surface area (Å²) in [6.45, 7) is 8.09. The number of nitrogens with one attached hydrogen (secondary N) is 1. The molecule has 374 valence electrons. The van der Waals surface area contributed by atoms with Crippen LogP contribution in [0.4, 0.5) is 13.2 Å². The molecule has 0 aromatic heterocycles. The monoisotopic (exact) mass is 1260 g/mol. The van der Waals surface area contributed by atoms with E-state index in [1.54, 1.807) is 48.5 Å². The van der Waals surface area contributed by atoms with Gasteiger partial charge in [0.1, 0.15) is 25.5 Å². The number of halogens is 9. The highest BCUT2D eigenvalue weighted by Crippen LogP contribution is 2.31. The number of hydrogen-bond donors (Lipinski definition) is 4. The quantitative estimate of drug-likeness (QED) is 0.0444. The first kappa shape index (κ1) is 64.6. The lowest BCUT2D eigenvalue weighted by Crippen LogP contribution is -2.34. The van der Waals surface area contributed by atoms with Crippen molar-refractivity contribution >= 4 is 126 Å². The summed E-state index contributed by atoms with van der Waals surface area (Å²) in [6.07, 6.45) is -4.70. The summed E-state index contributed by atoms with van der Waals surface area (Å²) in [7, 11) is -1.62. The summed E-state index contributed by atoms with van der Waals surface area (Å²) in [5.74, 6) is -2.36. The van der Waals surface area contributed by atoms with Gasteiger partial charge < -0.3 is 26.0 Å². The second kappa shape index (κ2) is 29.7. The number of carboxylic acids is 1. The van der Waals surface area contributed by atoms with Gasteiger partial charge in [-0.25, -0.2) is 21.6 Å². The third kappa shape index (κ3) is 24.9. The molecule has 25 heteroatoms. The van der Waals surface area contributed by atoms with E-state index < -0.39 is 79.1 Å². The predicted octanol–water partition coefficient (Wildman–Crippen LogP) is 11.2. The maximum absolute atomic E-state index is 12.8. The average molecular weight is 1260 g/mol. The standard InChI is InChI=1S/C16H13BrF3NO4S.C9H10BrNO2.C8H8BrNO2.C7H7ClO2S.C3H9ClSi.ClH/c1-25-15(22)14(10-4-2-6-12(17)8-10)21-26(23,24)13-7-3-5-11(9-13)16(18,19)20;1-13-9(12)8(11)6-3-2-4-7(10)5-6;9-6-3-1-2-5(4-6)7(10)8(11)12;1-6-3-2-4-7(5-6)11(8,9)10;1-5(2,3)4;/h2-9,14,21H,1H3;2-5,8H,11H2,1H3;1-4,7H,10H2,(H,11,12);2-5H,1H3;1-3H3;1H. The second-order valence-electron chi connectivity index (χ2n) is 14.4. The van der Waals surface area contributed by atoms with Crippen molar-refractivity contribution in [2.24, 2.45) is 11.5 Å².